The van der Waals surface area contributed by atoms with E-state index in [1.165, 1.54) is 12.8 Å². The van der Waals surface area contributed by atoms with Gasteiger partial charge in [-0.25, -0.2) is 0 Å². The molecule has 1 aromatic rings. The van der Waals surface area contributed by atoms with E-state index in [-0.39, 0.29) is 25.2 Å². The second-order valence-corrected chi connectivity index (χ2v) is 7.82. The largest absolute Gasteiger partial charge is 0.481 e. The molecule has 2 aliphatic heterocycles. The van der Waals surface area contributed by atoms with Gasteiger partial charge in [0.25, 0.3) is 0 Å². The lowest BCUT2D eigenvalue weighted by Crippen LogP contribution is -2.41. The number of amides is 1. The first-order chi connectivity index (χ1) is 13.0. The minimum absolute atomic E-state index is 0.0129. The minimum Gasteiger partial charge on any atom is -0.481 e. The molecule has 0 spiro atoms. The predicted molar refractivity (Wildman–Crippen MR) is 97.9 cm³/mol. The van der Waals surface area contributed by atoms with Crippen molar-refractivity contribution in [3.05, 3.63) is 23.8 Å². The Kier molecular flexibility index (Phi) is 4.95. The number of rotatable bonds is 5. The molecule has 3 aliphatic rings. The Bertz CT molecular complexity index is 731. The maximum Gasteiger partial charge on any atom is 0.308 e. The number of likely N-dealkylation sites (tertiary alicyclic amines) is 1. The van der Waals surface area contributed by atoms with Crippen LogP contribution in [0.25, 0.3) is 0 Å². The van der Waals surface area contributed by atoms with Crippen molar-refractivity contribution in [2.75, 3.05) is 33.5 Å². The van der Waals surface area contributed by atoms with E-state index in [1.807, 2.05) is 25.2 Å². The van der Waals surface area contributed by atoms with Gasteiger partial charge < -0.3 is 19.5 Å². The average Bonchev–Trinajstić information content (AvgIpc) is 3.40. The molecular weight excluding hydrogens is 348 g/mol. The lowest BCUT2D eigenvalue weighted by atomic mass is 9.89. The van der Waals surface area contributed by atoms with Gasteiger partial charge in [-0.15, -0.1) is 0 Å². The molecule has 0 aromatic heterocycles. The number of carboxylic acids is 1. The standard InChI is InChI=1S/C20H26N2O5/c1-21(14-4-2-3-5-14)11-19(23)22-9-15(16(10-22)20(24)25)13-6-7-17-18(8-13)27-12-26-17/h6-8,14-16H,2-5,9-12H2,1H3,(H,24,25)/t15-,16+/m0/s1. The van der Waals surface area contributed by atoms with Gasteiger partial charge in [0.2, 0.25) is 12.7 Å². The Morgan fingerprint density at radius 2 is 1.93 bits per heavy atom. The van der Waals surface area contributed by atoms with Gasteiger partial charge in [-0.05, 0) is 37.6 Å². The van der Waals surface area contributed by atoms with E-state index in [1.54, 1.807) is 4.90 Å². The molecule has 2 heterocycles. The highest BCUT2D eigenvalue weighted by Crippen LogP contribution is 2.39. The summed E-state index contributed by atoms with van der Waals surface area (Å²) in [5, 5.41) is 9.69. The summed E-state index contributed by atoms with van der Waals surface area (Å²) in [5.41, 5.74) is 0.881. The molecule has 2 atom stereocenters. The van der Waals surface area contributed by atoms with Gasteiger partial charge in [-0.2, -0.15) is 0 Å². The zero-order valence-electron chi connectivity index (χ0n) is 15.6. The van der Waals surface area contributed by atoms with Crippen LogP contribution in [0.2, 0.25) is 0 Å². The Morgan fingerprint density at radius 3 is 2.67 bits per heavy atom. The number of hydrogen-bond donors (Lipinski definition) is 1. The topological polar surface area (TPSA) is 79.3 Å². The van der Waals surface area contributed by atoms with Crippen LogP contribution in [0.1, 0.15) is 37.2 Å². The number of carbonyl (C=O) groups excluding carboxylic acids is 1. The molecule has 1 saturated carbocycles. The van der Waals surface area contributed by atoms with Gasteiger partial charge in [-0.1, -0.05) is 18.9 Å². The second-order valence-electron chi connectivity index (χ2n) is 7.82. The number of nitrogens with zero attached hydrogens (tertiary/aromatic N) is 2. The van der Waals surface area contributed by atoms with Gasteiger partial charge >= 0.3 is 5.97 Å². The molecule has 2 fully saturated rings. The van der Waals surface area contributed by atoms with Crippen molar-refractivity contribution in [2.24, 2.45) is 5.92 Å². The van der Waals surface area contributed by atoms with Crippen molar-refractivity contribution < 1.29 is 24.2 Å². The van der Waals surface area contributed by atoms with Crippen molar-refractivity contribution in [3.8, 4) is 11.5 Å². The van der Waals surface area contributed by atoms with Crippen molar-refractivity contribution in [2.45, 2.75) is 37.6 Å². The van der Waals surface area contributed by atoms with E-state index >= 15 is 0 Å². The molecule has 7 heteroatoms. The summed E-state index contributed by atoms with van der Waals surface area (Å²) in [5.74, 6) is -0.378. The number of benzene rings is 1. The number of hydrogen-bond acceptors (Lipinski definition) is 5. The fourth-order valence-electron chi connectivity index (χ4n) is 4.53. The number of carbonyl (C=O) groups is 2. The van der Waals surface area contributed by atoms with Crippen LogP contribution >= 0.6 is 0 Å². The van der Waals surface area contributed by atoms with Crippen LogP contribution in [0.3, 0.4) is 0 Å². The second kappa shape index (κ2) is 7.38. The number of fused-ring (bicyclic) bond motifs is 1. The quantitative estimate of drug-likeness (QED) is 0.848. The first-order valence-corrected chi connectivity index (χ1v) is 9.63. The fourth-order valence-corrected chi connectivity index (χ4v) is 4.53. The van der Waals surface area contributed by atoms with E-state index < -0.39 is 11.9 Å². The summed E-state index contributed by atoms with van der Waals surface area (Å²) in [6.07, 6.45) is 4.73. The van der Waals surface area contributed by atoms with Gasteiger partial charge in [0.05, 0.1) is 12.5 Å². The lowest BCUT2D eigenvalue weighted by Gasteiger charge is -2.26. The molecule has 0 unspecified atom stereocenters. The molecule has 1 N–H and O–H groups in total. The molecule has 1 aromatic carbocycles. The summed E-state index contributed by atoms with van der Waals surface area (Å²) < 4.78 is 10.8. The number of carboxylic acid groups (broad SMARTS) is 1. The van der Waals surface area contributed by atoms with Gasteiger partial charge in [0.1, 0.15) is 0 Å². The first kappa shape index (κ1) is 18.1. The molecular formula is C20H26N2O5. The highest BCUT2D eigenvalue weighted by molar-refractivity contribution is 5.81. The molecule has 0 radical (unpaired) electrons. The number of likely N-dealkylation sites (N-methyl/N-ethyl adjacent to an activating group) is 1. The molecule has 4 rings (SSSR count). The van der Waals surface area contributed by atoms with Gasteiger partial charge in [0.15, 0.2) is 11.5 Å². The summed E-state index contributed by atoms with van der Waals surface area (Å²) >= 11 is 0. The SMILES string of the molecule is CN(CC(=O)N1C[C@@H](C(=O)O)[C@H](c2ccc3c(c2)OCO3)C1)C1CCCC1. The third-order valence-electron chi connectivity index (χ3n) is 6.15. The zero-order valence-corrected chi connectivity index (χ0v) is 15.6. The highest BCUT2D eigenvalue weighted by atomic mass is 16.7. The Morgan fingerprint density at radius 1 is 1.19 bits per heavy atom. The van der Waals surface area contributed by atoms with Gasteiger partial charge in [-0.3, -0.25) is 14.5 Å². The average molecular weight is 374 g/mol. The maximum absolute atomic E-state index is 12.8. The Hall–Kier alpha value is -2.28. The summed E-state index contributed by atoms with van der Waals surface area (Å²) in [6, 6.07) is 6.01. The third kappa shape index (κ3) is 3.60. The summed E-state index contributed by atoms with van der Waals surface area (Å²) in [7, 11) is 1.99. The molecule has 7 nitrogen and oxygen atoms in total. The molecule has 1 amide bonds. The van der Waals surface area contributed by atoms with E-state index in [0.717, 1.165) is 18.4 Å². The van der Waals surface area contributed by atoms with E-state index in [9.17, 15) is 14.7 Å². The van der Waals surface area contributed by atoms with Crippen LogP contribution in [0.5, 0.6) is 11.5 Å². The van der Waals surface area contributed by atoms with Crippen LogP contribution in [0.4, 0.5) is 0 Å². The van der Waals surface area contributed by atoms with Crippen LogP contribution in [-0.2, 0) is 9.59 Å². The molecule has 146 valence electrons. The maximum atomic E-state index is 12.8. The molecule has 1 aliphatic carbocycles. The van der Waals surface area contributed by atoms with Gasteiger partial charge in [0, 0.05) is 25.0 Å². The van der Waals surface area contributed by atoms with Crippen LogP contribution in [-0.4, -0.2) is 66.3 Å². The Labute approximate surface area is 158 Å². The predicted octanol–water partition coefficient (Wildman–Crippen LogP) is 1.92. The number of ether oxygens (including phenoxy) is 2. The van der Waals surface area contributed by atoms with E-state index in [2.05, 4.69) is 4.90 Å². The molecule has 27 heavy (non-hydrogen) atoms. The monoisotopic (exact) mass is 374 g/mol. The van der Waals surface area contributed by atoms with Crippen LogP contribution in [0, 0.1) is 5.92 Å². The Balaban J connectivity index is 1.46. The smallest absolute Gasteiger partial charge is 0.308 e. The fraction of sp³-hybridized carbons (Fsp3) is 0.600. The third-order valence-corrected chi connectivity index (χ3v) is 6.15. The van der Waals surface area contributed by atoms with E-state index in [0.29, 0.717) is 30.6 Å². The van der Waals surface area contributed by atoms with Crippen molar-refractivity contribution in [1.29, 1.82) is 0 Å². The van der Waals surface area contributed by atoms with Crippen LogP contribution in [0.15, 0.2) is 18.2 Å². The summed E-state index contributed by atoms with van der Waals surface area (Å²) in [4.78, 5) is 28.4. The highest BCUT2D eigenvalue weighted by Gasteiger charge is 2.41. The lowest BCUT2D eigenvalue weighted by molar-refractivity contribution is -0.141. The molecule has 1 saturated heterocycles. The normalized spacial score (nSPS) is 24.7. The van der Waals surface area contributed by atoms with E-state index in [4.69, 9.17) is 9.47 Å². The van der Waals surface area contributed by atoms with Crippen molar-refractivity contribution in [1.82, 2.24) is 9.80 Å². The minimum atomic E-state index is -0.864. The molecule has 0 bridgehead atoms. The van der Waals surface area contributed by atoms with Crippen molar-refractivity contribution >= 4 is 11.9 Å². The van der Waals surface area contributed by atoms with Crippen LogP contribution < -0.4 is 9.47 Å². The summed E-state index contributed by atoms with van der Waals surface area (Å²) in [6.45, 7) is 1.22. The number of aliphatic carboxylic acids is 1. The first-order valence-electron chi connectivity index (χ1n) is 9.63. The zero-order chi connectivity index (χ0) is 19.0. The van der Waals surface area contributed by atoms with Crippen molar-refractivity contribution in [3.63, 3.8) is 0 Å².